The lowest BCUT2D eigenvalue weighted by molar-refractivity contribution is -0.153. The maximum atomic E-state index is 12.3. The third-order valence-corrected chi connectivity index (χ3v) is 8.06. The van der Waals surface area contributed by atoms with E-state index in [0.717, 1.165) is 25.7 Å². The molecule has 4 nitrogen and oxygen atoms in total. The van der Waals surface area contributed by atoms with Crippen LogP contribution in [-0.2, 0) is 14.3 Å². The van der Waals surface area contributed by atoms with Crippen LogP contribution in [0.1, 0.15) is 206 Å². The number of hydrogen-bond acceptors (Lipinski definition) is 3. The Kier molecular flexibility index (Phi) is 30.6. The van der Waals surface area contributed by atoms with Crippen LogP contribution >= 0.6 is 0 Å². The normalized spacial score (nSPS) is 12.1. The standard InChI is InChI=1S/C35H68O4/c1-3-5-7-9-11-13-15-16-17-18-19-20-21-23-25-27-29-31-35(38)39-33(32-34(36)37)30-28-26-24-22-14-12-10-8-6-4-2/h33H,3-32H2,1-2H3,(H,36,37). The third-order valence-electron chi connectivity index (χ3n) is 8.06. The number of aliphatic carboxylic acids is 1. The van der Waals surface area contributed by atoms with Gasteiger partial charge in [-0.2, -0.15) is 0 Å². The molecule has 0 heterocycles. The van der Waals surface area contributed by atoms with Crippen molar-refractivity contribution in [1.82, 2.24) is 0 Å². The zero-order chi connectivity index (χ0) is 28.7. The monoisotopic (exact) mass is 553 g/mol. The molecular weight excluding hydrogens is 484 g/mol. The van der Waals surface area contributed by atoms with Gasteiger partial charge >= 0.3 is 11.9 Å². The zero-order valence-electron chi connectivity index (χ0n) is 26.5. The van der Waals surface area contributed by atoms with Crippen LogP contribution in [0.2, 0.25) is 0 Å². The Morgan fingerprint density at radius 1 is 0.487 bits per heavy atom. The summed E-state index contributed by atoms with van der Waals surface area (Å²) in [5, 5.41) is 9.20. The van der Waals surface area contributed by atoms with Gasteiger partial charge in [0.15, 0.2) is 0 Å². The number of carbonyl (C=O) groups excluding carboxylic acids is 1. The van der Waals surface area contributed by atoms with Crippen molar-refractivity contribution in [3.8, 4) is 0 Å². The summed E-state index contributed by atoms with van der Waals surface area (Å²) in [6.45, 7) is 4.53. The fraction of sp³-hybridized carbons (Fsp3) is 0.943. The van der Waals surface area contributed by atoms with Crippen LogP contribution in [-0.4, -0.2) is 23.1 Å². The molecule has 1 N–H and O–H groups in total. The Balaban J connectivity index is 3.58. The summed E-state index contributed by atoms with van der Waals surface area (Å²) < 4.78 is 5.55. The fourth-order valence-corrected chi connectivity index (χ4v) is 5.50. The summed E-state index contributed by atoms with van der Waals surface area (Å²) in [5.41, 5.74) is 0. The van der Waals surface area contributed by atoms with Gasteiger partial charge in [0.25, 0.3) is 0 Å². The minimum atomic E-state index is -0.877. The molecule has 232 valence electrons. The summed E-state index contributed by atoms with van der Waals surface area (Å²) >= 11 is 0. The van der Waals surface area contributed by atoms with E-state index in [-0.39, 0.29) is 12.4 Å². The molecule has 1 atom stereocenters. The number of carboxylic acids is 1. The molecule has 0 aliphatic carbocycles. The second-order valence-corrected chi connectivity index (χ2v) is 12.1. The first-order valence-electron chi connectivity index (χ1n) is 17.5. The summed E-state index contributed by atoms with van der Waals surface area (Å²) in [7, 11) is 0. The smallest absolute Gasteiger partial charge is 0.307 e. The minimum Gasteiger partial charge on any atom is -0.481 e. The molecule has 0 aliphatic rings. The van der Waals surface area contributed by atoms with Crippen molar-refractivity contribution in [3.05, 3.63) is 0 Å². The minimum absolute atomic E-state index is 0.0672. The van der Waals surface area contributed by atoms with E-state index in [1.54, 1.807) is 0 Å². The first-order chi connectivity index (χ1) is 19.1. The highest BCUT2D eigenvalue weighted by molar-refractivity contribution is 5.71. The van der Waals surface area contributed by atoms with E-state index in [0.29, 0.717) is 12.8 Å². The van der Waals surface area contributed by atoms with Crippen LogP contribution in [0.4, 0.5) is 0 Å². The van der Waals surface area contributed by atoms with Gasteiger partial charge in [0.05, 0.1) is 6.42 Å². The summed E-state index contributed by atoms with van der Waals surface area (Å²) in [6.07, 6.45) is 35.5. The van der Waals surface area contributed by atoms with E-state index in [2.05, 4.69) is 13.8 Å². The van der Waals surface area contributed by atoms with Crippen molar-refractivity contribution in [3.63, 3.8) is 0 Å². The van der Waals surface area contributed by atoms with Gasteiger partial charge < -0.3 is 9.84 Å². The largest absolute Gasteiger partial charge is 0.481 e. The van der Waals surface area contributed by atoms with Gasteiger partial charge in [-0.25, -0.2) is 0 Å². The van der Waals surface area contributed by atoms with Crippen LogP contribution in [0.15, 0.2) is 0 Å². The van der Waals surface area contributed by atoms with Crippen LogP contribution in [0, 0.1) is 0 Å². The summed E-state index contributed by atoms with van der Waals surface area (Å²) in [6, 6.07) is 0. The van der Waals surface area contributed by atoms with E-state index in [4.69, 9.17) is 4.74 Å². The molecule has 0 aromatic carbocycles. The van der Waals surface area contributed by atoms with E-state index in [1.807, 2.05) is 0 Å². The number of hydrogen-bond donors (Lipinski definition) is 1. The van der Waals surface area contributed by atoms with Crippen LogP contribution < -0.4 is 0 Å². The highest BCUT2D eigenvalue weighted by Gasteiger charge is 2.17. The SMILES string of the molecule is CCCCCCCCCCCCCCCCCCCC(=O)OC(CCCCCCCCCCCC)CC(=O)O. The number of carboxylic acid groups (broad SMARTS) is 1. The van der Waals surface area contributed by atoms with Crippen LogP contribution in [0.5, 0.6) is 0 Å². The lowest BCUT2D eigenvalue weighted by atomic mass is 10.0. The number of carbonyl (C=O) groups is 2. The Labute approximate surface area is 243 Å². The van der Waals surface area contributed by atoms with E-state index >= 15 is 0 Å². The Morgan fingerprint density at radius 2 is 0.795 bits per heavy atom. The van der Waals surface area contributed by atoms with Gasteiger partial charge in [-0.3, -0.25) is 9.59 Å². The third kappa shape index (κ3) is 31.3. The van der Waals surface area contributed by atoms with Crippen LogP contribution in [0.25, 0.3) is 0 Å². The molecule has 0 aromatic heterocycles. The van der Waals surface area contributed by atoms with Gasteiger partial charge in [-0.1, -0.05) is 174 Å². The molecule has 0 fully saturated rings. The average molecular weight is 553 g/mol. The van der Waals surface area contributed by atoms with Gasteiger partial charge in [0.1, 0.15) is 6.10 Å². The lowest BCUT2D eigenvalue weighted by Gasteiger charge is -2.16. The van der Waals surface area contributed by atoms with Crippen molar-refractivity contribution in [2.75, 3.05) is 0 Å². The van der Waals surface area contributed by atoms with E-state index < -0.39 is 12.1 Å². The highest BCUT2D eigenvalue weighted by Crippen LogP contribution is 2.17. The molecule has 0 aliphatic heterocycles. The number of unbranched alkanes of at least 4 members (excludes halogenated alkanes) is 25. The maximum absolute atomic E-state index is 12.3. The molecule has 0 rings (SSSR count). The van der Waals surface area contributed by atoms with Crippen LogP contribution in [0.3, 0.4) is 0 Å². The molecule has 39 heavy (non-hydrogen) atoms. The molecule has 1 unspecified atom stereocenters. The highest BCUT2D eigenvalue weighted by atomic mass is 16.5. The number of rotatable bonds is 32. The molecule has 0 radical (unpaired) electrons. The van der Waals surface area contributed by atoms with E-state index in [1.165, 1.54) is 148 Å². The average Bonchev–Trinajstić information content (AvgIpc) is 2.91. The molecule has 0 saturated heterocycles. The second-order valence-electron chi connectivity index (χ2n) is 12.1. The second kappa shape index (κ2) is 31.5. The van der Waals surface area contributed by atoms with Crippen molar-refractivity contribution in [1.29, 1.82) is 0 Å². The van der Waals surface area contributed by atoms with Gasteiger partial charge in [0, 0.05) is 6.42 Å². The first kappa shape index (κ1) is 37.9. The quantitative estimate of drug-likeness (QED) is 0.0665. The Hall–Kier alpha value is -1.06. The molecule has 0 bridgehead atoms. The predicted molar refractivity (Wildman–Crippen MR) is 167 cm³/mol. The predicted octanol–water partition coefficient (Wildman–Crippen LogP) is 11.7. The molecule has 0 spiro atoms. The van der Waals surface area contributed by atoms with Gasteiger partial charge in [0.2, 0.25) is 0 Å². The topological polar surface area (TPSA) is 63.6 Å². The molecular formula is C35H68O4. The summed E-state index contributed by atoms with van der Waals surface area (Å²) in [4.78, 5) is 23.5. The Bertz CT molecular complexity index is 519. The maximum Gasteiger partial charge on any atom is 0.307 e. The van der Waals surface area contributed by atoms with E-state index in [9.17, 15) is 14.7 Å². The van der Waals surface area contributed by atoms with Gasteiger partial charge in [-0.05, 0) is 19.3 Å². The molecule has 4 heteroatoms. The number of ether oxygens (including phenoxy) is 1. The van der Waals surface area contributed by atoms with Crippen molar-refractivity contribution in [2.24, 2.45) is 0 Å². The van der Waals surface area contributed by atoms with Crippen molar-refractivity contribution < 1.29 is 19.4 Å². The molecule has 0 saturated carbocycles. The van der Waals surface area contributed by atoms with Crippen molar-refractivity contribution in [2.45, 2.75) is 213 Å². The number of esters is 1. The summed E-state index contributed by atoms with van der Waals surface area (Å²) in [5.74, 6) is -1.09. The fourth-order valence-electron chi connectivity index (χ4n) is 5.50. The first-order valence-corrected chi connectivity index (χ1v) is 17.5. The Morgan fingerprint density at radius 3 is 1.13 bits per heavy atom. The zero-order valence-corrected chi connectivity index (χ0v) is 26.5. The molecule has 0 amide bonds. The van der Waals surface area contributed by atoms with Crippen molar-refractivity contribution >= 4 is 11.9 Å². The van der Waals surface area contributed by atoms with Gasteiger partial charge in [-0.15, -0.1) is 0 Å². The molecule has 0 aromatic rings. The lowest BCUT2D eigenvalue weighted by Crippen LogP contribution is -2.21.